The number of nitrogens with zero attached hydrogens (tertiary/aromatic N) is 4. The summed E-state index contributed by atoms with van der Waals surface area (Å²) in [5.41, 5.74) is 0.915. The SMILES string of the molecule is CC(C)C(NS(=O)(=O)c1c[nH]c(C(=O)N2CCCC2)c1)c1nc(-c2cccnc2)no1. The minimum atomic E-state index is -3.94. The molecule has 0 aliphatic carbocycles. The van der Waals surface area contributed by atoms with Crippen molar-refractivity contribution in [3.8, 4) is 11.4 Å². The summed E-state index contributed by atoms with van der Waals surface area (Å²) in [4.78, 5) is 25.4. The molecule has 10 nitrogen and oxygen atoms in total. The van der Waals surface area contributed by atoms with Gasteiger partial charge in [-0.2, -0.15) is 9.71 Å². The lowest BCUT2D eigenvalue weighted by molar-refractivity contribution is 0.0787. The molecule has 31 heavy (non-hydrogen) atoms. The maximum atomic E-state index is 13.0. The van der Waals surface area contributed by atoms with Gasteiger partial charge in [-0.1, -0.05) is 19.0 Å². The number of aromatic nitrogens is 4. The van der Waals surface area contributed by atoms with Crippen molar-refractivity contribution in [2.45, 2.75) is 37.6 Å². The highest BCUT2D eigenvalue weighted by atomic mass is 32.2. The Morgan fingerprint density at radius 3 is 2.74 bits per heavy atom. The minimum absolute atomic E-state index is 0.0207. The van der Waals surface area contributed by atoms with Crippen LogP contribution in [0.5, 0.6) is 0 Å². The van der Waals surface area contributed by atoms with E-state index in [2.05, 4.69) is 24.8 Å². The molecule has 1 aliphatic rings. The van der Waals surface area contributed by atoms with Gasteiger partial charge in [-0.15, -0.1) is 0 Å². The second-order valence-corrected chi connectivity index (χ2v) is 9.50. The van der Waals surface area contributed by atoms with Crippen molar-refractivity contribution in [1.82, 2.24) is 29.7 Å². The van der Waals surface area contributed by atoms with Gasteiger partial charge in [-0.05, 0) is 37.0 Å². The molecule has 1 saturated heterocycles. The van der Waals surface area contributed by atoms with E-state index in [9.17, 15) is 13.2 Å². The Labute approximate surface area is 180 Å². The van der Waals surface area contributed by atoms with E-state index in [-0.39, 0.29) is 28.3 Å². The van der Waals surface area contributed by atoms with E-state index in [0.29, 0.717) is 24.5 Å². The molecule has 1 fully saturated rings. The number of sulfonamides is 1. The van der Waals surface area contributed by atoms with E-state index >= 15 is 0 Å². The summed E-state index contributed by atoms with van der Waals surface area (Å²) in [6, 6.07) is 4.15. The second kappa shape index (κ2) is 8.60. The van der Waals surface area contributed by atoms with Crippen molar-refractivity contribution in [3.63, 3.8) is 0 Å². The van der Waals surface area contributed by atoms with Crippen molar-refractivity contribution >= 4 is 15.9 Å². The summed E-state index contributed by atoms with van der Waals surface area (Å²) in [5.74, 6) is 0.119. The van der Waals surface area contributed by atoms with E-state index in [1.165, 1.54) is 12.3 Å². The number of H-pyrrole nitrogens is 1. The van der Waals surface area contributed by atoms with Gasteiger partial charge < -0.3 is 14.4 Å². The van der Waals surface area contributed by atoms with E-state index in [1.807, 2.05) is 13.8 Å². The zero-order valence-corrected chi connectivity index (χ0v) is 18.1. The highest BCUT2D eigenvalue weighted by Crippen LogP contribution is 2.26. The molecule has 164 valence electrons. The Hall–Kier alpha value is -3.05. The molecular weight excluding hydrogens is 420 g/mol. The number of nitrogens with one attached hydrogen (secondary N) is 2. The molecule has 4 heterocycles. The number of hydrogen-bond acceptors (Lipinski definition) is 7. The van der Waals surface area contributed by atoms with E-state index in [0.717, 1.165) is 12.8 Å². The third-order valence-corrected chi connectivity index (χ3v) is 6.59. The fourth-order valence-electron chi connectivity index (χ4n) is 3.42. The molecule has 4 rings (SSSR count). The molecule has 2 N–H and O–H groups in total. The van der Waals surface area contributed by atoms with Gasteiger partial charge in [0.25, 0.3) is 5.91 Å². The van der Waals surface area contributed by atoms with Gasteiger partial charge in [0.1, 0.15) is 16.6 Å². The largest absolute Gasteiger partial charge is 0.356 e. The molecule has 3 aromatic rings. The fourth-order valence-corrected chi connectivity index (χ4v) is 4.75. The van der Waals surface area contributed by atoms with Crippen LogP contribution in [0.25, 0.3) is 11.4 Å². The van der Waals surface area contributed by atoms with Crippen LogP contribution >= 0.6 is 0 Å². The molecule has 0 aromatic carbocycles. The van der Waals surface area contributed by atoms with Crippen LogP contribution in [-0.4, -0.2) is 52.4 Å². The first-order valence-electron chi connectivity index (χ1n) is 10.1. The highest BCUT2D eigenvalue weighted by Gasteiger charge is 2.30. The van der Waals surface area contributed by atoms with Gasteiger partial charge in [0.15, 0.2) is 0 Å². The Morgan fingerprint density at radius 2 is 2.06 bits per heavy atom. The molecule has 3 aromatic heterocycles. The Balaban J connectivity index is 1.54. The topological polar surface area (TPSA) is 134 Å². The van der Waals surface area contributed by atoms with Crippen LogP contribution in [0.4, 0.5) is 0 Å². The van der Waals surface area contributed by atoms with Crippen molar-refractivity contribution in [2.75, 3.05) is 13.1 Å². The highest BCUT2D eigenvalue weighted by molar-refractivity contribution is 7.89. The maximum Gasteiger partial charge on any atom is 0.270 e. The lowest BCUT2D eigenvalue weighted by atomic mass is 10.1. The van der Waals surface area contributed by atoms with Crippen LogP contribution in [0.15, 0.2) is 46.2 Å². The monoisotopic (exact) mass is 444 g/mol. The van der Waals surface area contributed by atoms with Gasteiger partial charge in [-0.25, -0.2) is 8.42 Å². The summed E-state index contributed by atoms with van der Waals surface area (Å²) in [6.07, 6.45) is 6.47. The van der Waals surface area contributed by atoms with Crippen LogP contribution in [0.2, 0.25) is 0 Å². The Kier molecular flexibility index (Phi) is 5.88. The summed E-state index contributed by atoms with van der Waals surface area (Å²) < 4.78 is 34.0. The van der Waals surface area contributed by atoms with Crippen LogP contribution < -0.4 is 4.72 Å². The Bertz CT molecular complexity index is 1150. The predicted molar refractivity (Wildman–Crippen MR) is 111 cm³/mol. The molecular formula is C20H24N6O4S. The molecule has 11 heteroatoms. The van der Waals surface area contributed by atoms with E-state index in [4.69, 9.17) is 4.52 Å². The first kappa shape index (κ1) is 21.2. The van der Waals surface area contributed by atoms with Crippen LogP contribution in [0, 0.1) is 5.92 Å². The maximum absolute atomic E-state index is 13.0. The number of hydrogen-bond donors (Lipinski definition) is 2. The summed E-state index contributed by atoms with van der Waals surface area (Å²) in [6.45, 7) is 5.06. The van der Waals surface area contributed by atoms with E-state index < -0.39 is 16.1 Å². The fraction of sp³-hybridized carbons (Fsp3) is 0.400. The normalized spacial score (nSPS) is 15.5. The number of rotatable bonds is 7. The van der Waals surface area contributed by atoms with Gasteiger partial charge >= 0.3 is 0 Å². The zero-order valence-electron chi connectivity index (χ0n) is 17.3. The van der Waals surface area contributed by atoms with Crippen molar-refractivity contribution in [2.24, 2.45) is 5.92 Å². The van der Waals surface area contributed by atoms with Crippen LogP contribution in [0.3, 0.4) is 0 Å². The first-order chi connectivity index (χ1) is 14.8. The van der Waals surface area contributed by atoms with E-state index in [1.54, 1.807) is 29.4 Å². The summed E-state index contributed by atoms with van der Waals surface area (Å²) in [7, 11) is -3.94. The second-order valence-electron chi connectivity index (χ2n) is 7.79. The number of carbonyl (C=O) groups is 1. The van der Waals surface area contributed by atoms with Gasteiger partial charge in [0.2, 0.25) is 21.7 Å². The number of amides is 1. The number of carbonyl (C=O) groups excluding carboxylic acids is 1. The molecule has 0 saturated carbocycles. The number of likely N-dealkylation sites (tertiary alicyclic amines) is 1. The minimum Gasteiger partial charge on any atom is -0.356 e. The van der Waals surface area contributed by atoms with Crippen LogP contribution in [0.1, 0.15) is 49.1 Å². The predicted octanol–water partition coefficient (Wildman–Crippen LogP) is 2.37. The zero-order chi connectivity index (χ0) is 22.0. The average Bonchev–Trinajstić information content (AvgIpc) is 3.53. The quantitative estimate of drug-likeness (QED) is 0.571. The standard InChI is InChI=1S/C20H24N6O4S/c1-13(2)17(19-23-18(24-30-19)14-6-5-7-21-11-14)25-31(28,29)15-10-16(22-12-15)20(27)26-8-3-4-9-26/h5-7,10-13,17,22,25H,3-4,8-9H2,1-2H3. The lowest BCUT2D eigenvalue weighted by Gasteiger charge is -2.18. The van der Waals surface area contributed by atoms with Crippen LogP contribution in [-0.2, 0) is 10.0 Å². The molecule has 1 amide bonds. The Morgan fingerprint density at radius 1 is 1.29 bits per heavy atom. The molecule has 0 radical (unpaired) electrons. The lowest BCUT2D eigenvalue weighted by Crippen LogP contribution is -2.32. The number of pyridine rings is 1. The average molecular weight is 445 g/mol. The molecule has 0 spiro atoms. The van der Waals surface area contributed by atoms with Crippen molar-refractivity contribution in [3.05, 3.63) is 48.4 Å². The molecule has 1 atom stereocenters. The third kappa shape index (κ3) is 4.52. The molecule has 1 aliphatic heterocycles. The molecule has 0 bridgehead atoms. The first-order valence-corrected chi connectivity index (χ1v) is 11.6. The van der Waals surface area contributed by atoms with Crippen molar-refractivity contribution < 1.29 is 17.7 Å². The third-order valence-electron chi connectivity index (χ3n) is 5.17. The van der Waals surface area contributed by atoms with Crippen molar-refractivity contribution in [1.29, 1.82) is 0 Å². The van der Waals surface area contributed by atoms with Gasteiger partial charge in [0.05, 0.1) is 0 Å². The van der Waals surface area contributed by atoms with Gasteiger partial charge in [-0.3, -0.25) is 9.78 Å². The molecule has 1 unspecified atom stereocenters. The summed E-state index contributed by atoms with van der Waals surface area (Å²) >= 11 is 0. The smallest absolute Gasteiger partial charge is 0.270 e. The summed E-state index contributed by atoms with van der Waals surface area (Å²) in [5, 5.41) is 3.95. The van der Waals surface area contributed by atoms with Gasteiger partial charge in [0, 0.05) is 37.2 Å². The number of aromatic amines is 1.